The van der Waals surface area contributed by atoms with Crippen LogP contribution in [0, 0.1) is 11.8 Å². The van der Waals surface area contributed by atoms with Crippen molar-refractivity contribution in [2.45, 2.75) is 39.7 Å². The highest BCUT2D eigenvalue weighted by Crippen LogP contribution is 2.26. The number of nitrogens with zero attached hydrogens (tertiary/aromatic N) is 1. The molecule has 0 radical (unpaired) electrons. The number of hydrogen-bond donors (Lipinski definition) is 2. The van der Waals surface area contributed by atoms with E-state index in [9.17, 15) is 4.79 Å². The Bertz CT molecular complexity index is 245. The van der Waals surface area contributed by atoms with E-state index in [4.69, 9.17) is 5.73 Å². The predicted octanol–water partition coefficient (Wildman–Crippen LogP) is 0.818. The first kappa shape index (κ1) is 14.5. The smallest absolute Gasteiger partial charge is 0.234 e. The van der Waals surface area contributed by atoms with Crippen molar-refractivity contribution < 1.29 is 4.79 Å². The van der Waals surface area contributed by atoms with Gasteiger partial charge in [-0.2, -0.15) is 0 Å². The van der Waals surface area contributed by atoms with E-state index < -0.39 is 0 Å². The van der Waals surface area contributed by atoms with E-state index in [1.54, 1.807) is 0 Å². The summed E-state index contributed by atoms with van der Waals surface area (Å²) in [6, 6.07) is 0.360. The highest BCUT2D eigenvalue weighted by molar-refractivity contribution is 5.78. The molecule has 4 heteroatoms. The Balaban J connectivity index is 2.50. The summed E-state index contributed by atoms with van der Waals surface area (Å²) in [5, 5.41) is 2.93. The highest BCUT2D eigenvalue weighted by Gasteiger charge is 2.31. The minimum atomic E-state index is 0.131. The Morgan fingerprint density at radius 3 is 2.76 bits per heavy atom. The lowest BCUT2D eigenvalue weighted by Gasteiger charge is -2.42. The average molecular weight is 241 g/mol. The van der Waals surface area contributed by atoms with Crippen molar-refractivity contribution >= 4 is 5.91 Å². The van der Waals surface area contributed by atoms with E-state index in [1.807, 2.05) is 0 Å². The maximum atomic E-state index is 11.8. The van der Waals surface area contributed by atoms with Crippen molar-refractivity contribution in [3.63, 3.8) is 0 Å². The van der Waals surface area contributed by atoms with Gasteiger partial charge in [-0.05, 0) is 24.7 Å². The summed E-state index contributed by atoms with van der Waals surface area (Å²) >= 11 is 0. The fourth-order valence-corrected chi connectivity index (χ4v) is 2.83. The molecule has 1 aliphatic rings. The van der Waals surface area contributed by atoms with Crippen LogP contribution in [-0.4, -0.2) is 43.0 Å². The molecule has 3 N–H and O–H groups in total. The van der Waals surface area contributed by atoms with Gasteiger partial charge >= 0.3 is 0 Å². The number of nitrogens with two attached hydrogens (primary N) is 1. The lowest BCUT2D eigenvalue weighted by molar-refractivity contribution is -0.123. The van der Waals surface area contributed by atoms with E-state index in [1.165, 1.54) is 6.42 Å². The third kappa shape index (κ3) is 4.28. The molecular weight excluding hydrogens is 214 g/mol. The van der Waals surface area contributed by atoms with Crippen LogP contribution >= 0.6 is 0 Å². The summed E-state index contributed by atoms with van der Waals surface area (Å²) in [5.74, 6) is 1.38. The lowest BCUT2D eigenvalue weighted by Crippen LogP contribution is -2.54. The Morgan fingerprint density at radius 2 is 2.18 bits per heavy atom. The number of carbonyl (C=O) groups is 1. The number of nitrogens with one attached hydrogen (secondary N) is 1. The van der Waals surface area contributed by atoms with Crippen molar-refractivity contribution in [2.75, 3.05) is 26.2 Å². The summed E-state index contributed by atoms with van der Waals surface area (Å²) in [5.41, 5.74) is 5.83. The Kier molecular flexibility index (Phi) is 5.92. The van der Waals surface area contributed by atoms with E-state index >= 15 is 0 Å². The number of rotatable bonds is 5. The first-order valence-corrected chi connectivity index (χ1v) is 6.79. The van der Waals surface area contributed by atoms with E-state index in [2.05, 4.69) is 31.0 Å². The third-order valence-electron chi connectivity index (χ3n) is 3.61. The van der Waals surface area contributed by atoms with Crippen molar-refractivity contribution in [1.29, 1.82) is 0 Å². The van der Waals surface area contributed by atoms with E-state index in [-0.39, 0.29) is 5.91 Å². The average Bonchev–Trinajstić information content (AvgIpc) is 2.25. The molecule has 100 valence electrons. The van der Waals surface area contributed by atoms with Crippen LogP contribution in [-0.2, 0) is 4.79 Å². The number of hydrogen-bond acceptors (Lipinski definition) is 3. The lowest BCUT2D eigenvalue weighted by atomic mass is 9.85. The molecule has 4 nitrogen and oxygen atoms in total. The van der Waals surface area contributed by atoms with Gasteiger partial charge in [-0.1, -0.05) is 20.8 Å². The first-order valence-electron chi connectivity index (χ1n) is 6.79. The molecule has 0 saturated carbocycles. The Hall–Kier alpha value is -0.610. The van der Waals surface area contributed by atoms with E-state index in [0.717, 1.165) is 19.5 Å². The van der Waals surface area contributed by atoms with Gasteiger partial charge < -0.3 is 11.1 Å². The van der Waals surface area contributed by atoms with Gasteiger partial charge in [0.15, 0.2) is 0 Å². The summed E-state index contributed by atoms with van der Waals surface area (Å²) in [6.07, 6.45) is 2.20. The molecule has 1 saturated heterocycles. The van der Waals surface area contributed by atoms with Gasteiger partial charge in [0.1, 0.15) is 0 Å². The standard InChI is InChI=1S/C13H27N3O/c1-4-5-15-13(17)9-16-8-10(2)6-11(3)12(16)7-14/h10-12H,4-9,14H2,1-3H3,(H,15,17). The molecule has 0 spiro atoms. The van der Waals surface area contributed by atoms with Gasteiger partial charge in [0.2, 0.25) is 5.91 Å². The molecule has 3 unspecified atom stereocenters. The number of piperidine rings is 1. The maximum Gasteiger partial charge on any atom is 0.234 e. The Labute approximate surface area is 105 Å². The summed E-state index contributed by atoms with van der Waals surface area (Å²) in [4.78, 5) is 14.0. The van der Waals surface area contributed by atoms with Gasteiger partial charge in [0, 0.05) is 25.7 Å². The van der Waals surface area contributed by atoms with Gasteiger partial charge in [-0.3, -0.25) is 9.69 Å². The van der Waals surface area contributed by atoms with Crippen molar-refractivity contribution in [3.8, 4) is 0 Å². The molecular formula is C13H27N3O. The first-order chi connectivity index (χ1) is 8.08. The number of likely N-dealkylation sites (tertiary alicyclic amines) is 1. The van der Waals surface area contributed by atoms with Crippen LogP contribution in [0.3, 0.4) is 0 Å². The molecule has 0 aliphatic carbocycles. The number of carbonyl (C=O) groups excluding carboxylic acids is 1. The van der Waals surface area contributed by atoms with Crippen molar-refractivity contribution in [2.24, 2.45) is 17.6 Å². The van der Waals surface area contributed by atoms with Crippen LogP contribution in [0.15, 0.2) is 0 Å². The molecule has 0 aromatic heterocycles. The quantitative estimate of drug-likeness (QED) is 0.749. The molecule has 0 bridgehead atoms. The number of amides is 1. The minimum absolute atomic E-state index is 0.131. The minimum Gasteiger partial charge on any atom is -0.355 e. The molecule has 17 heavy (non-hydrogen) atoms. The normalized spacial score (nSPS) is 30.2. The molecule has 0 aromatic carbocycles. The SMILES string of the molecule is CCCNC(=O)CN1CC(C)CC(C)C1CN. The molecule has 1 heterocycles. The second kappa shape index (κ2) is 6.97. The zero-order chi connectivity index (χ0) is 12.8. The second-order valence-corrected chi connectivity index (χ2v) is 5.40. The fraction of sp³-hybridized carbons (Fsp3) is 0.923. The maximum absolute atomic E-state index is 11.8. The molecule has 0 aromatic rings. The van der Waals surface area contributed by atoms with Crippen LogP contribution in [0.4, 0.5) is 0 Å². The van der Waals surface area contributed by atoms with Gasteiger partial charge in [0.05, 0.1) is 6.54 Å². The molecule has 1 fully saturated rings. The van der Waals surface area contributed by atoms with Crippen LogP contribution in [0.1, 0.15) is 33.6 Å². The van der Waals surface area contributed by atoms with Crippen LogP contribution < -0.4 is 11.1 Å². The van der Waals surface area contributed by atoms with Crippen molar-refractivity contribution in [3.05, 3.63) is 0 Å². The molecule has 3 atom stereocenters. The highest BCUT2D eigenvalue weighted by atomic mass is 16.2. The third-order valence-corrected chi connectivity index (χ3v) is 3.61. The Morgan fingerprint density at radius 1 is 1.47 bits per heavy atom. The molecule has 1 aliphatic heterocycles. The van der Waals surface area contributed by atoms with Crippen LogP contribution in [0.25, 0.3) is 0 Å². The summed E-state index contributed by atoms with van der Waals surface area (Å²) in [6.45, 7) is 9.46. The van der Waals surface area contributed by atoms with Crippen LogP contribution in [0.5, 0.6) is 0 Å². The largest absolute Gasteiger partial charge is 0.355 e. The van der Waals surface area contributed by atoms with Gasteiger partial charge in [-0.25, -0.2) is 0 Å². The topological polar surface area (TPSA) is 58.4 Å². The summed E-state index contributed by atoms with van der Waals surface area (Å²) in [7, 11) is 0. The summed E-state index contributed by atoms with van der Waals surface area (Å²) < 4.78 is 0. The van der Waals surface area contributed by atoms with Gasteiger partial charge in [0.25, 0.3) is 0 Å². The van der Waals surface area contributed by atoms with Gasteiger partial charge in [-0.15, -0.1) is 0 Å². The zero-order valence-electron chi connectivity index (χ0n) is 11.4. The van der Waals surface area contributed by atoms with Crippen molar-refractivity contribution in [1.82, 2.24) is 10.2 Å². The predicted molar refractivity (Wildman–Crippen MR) is 70.7 cm³/mol. The monoisotopic (exact) mass is 241 g/mol. The zero-order valence-corrected chi connectivity index (χ0v) is 11.4. The molecule has 1 rings (SSSR count). The van der Waals surface area contributed by atoms with E-state index in [0.29, 0.717) is 31.0 Å². The second-order valence-electron chi connectivity index (χ2n) is 5.40. The fourth-order valence-electron chi connectivity index (χ4n) is 2.83. The van der Waals surface area contributed by atoms with Crippen LogP contribution in [0.2, 0.25) is 0 Å². The molecule has 1 amide bonds.